The standard InChI is InChI=1S/C13H11NO5/c15-9-1-5-6-2-10(16)12(18)4-8(6)13(14-19)7(5)3-11(9)17/h1-4,13-19H. The van der Waals surface area contributed by atoms with Crippen molar-refractivity contribution in [2.45, 2.75) is 6.04 Å². The molecule has 0 aromatic heterocycles. The van der Waals surface area contributed by atoms with E-state index in [1.54, 1.807) is 0 Å². The van der Waals surface area contributed by atoms with Crippen molar-refractivity contribution in [3.63, 3.8) is 0 Å². The number of benzene rings is 2. The second kappa shape index (κ2) is 3.78. The van der Waals surface area contributed by atoms with Gasteiger partial charge < -0.3 is 25.6 Å². The Bertz CT molecular complexity index is 626. The Labute approximate surface area is 107 Å². The van der Waals surface area contributed by atoms with Crippen molar-refractivity contribution in [2.24, 2.45) is 0 Å². The van der Waals surface area contributed by atoms with E-state index in [-0.39, 0.29) is 23.0 Å². The zero-order valence-electron chi connectivity index (χ0n) is 9.62. The number of hydroxylamine groups is 1. The van der Waals surface area contributed by atoms with Gasteiger partial charge in [0.05, 0.1) is 6.04 Å². The van der Waals surface area contributed by atoms with Crippen molar-refractivity contribution < 1.29 is 25.6 Å². The summed E-state index contributed by atoms with van der Waals surface area (Å²) >= 11 is 0. The van der Waals surface area contributed by atoms with Crippen LogP contribution >= 0.6 is 0 Å². The molecular formula is C13H11NO5. The molecule has 6 heteroatoms. The fourth-order valence-corrected chi connectivity index (χ4v) is 2.44. The molecule has 0 atom stereocenters. The lowest BCUT2D eigenvalue weighted by molar-refractivity contribution is 0.142. The zero-order chi connectivity index (χ0) is 13.7. The van der Waals surface area contributed by atoms with Gasteiger partial charge in [0.25, 0.3) is 0 Å². The van der Waals surface area contributed by atoms with E-state index < -0.39 is 6.04 Å². The third kappa shape index (κ3) is 1.51. The Morgan fingerprint density at radius 2 is 1.05 bits per heavy atom. The number of phenolic OH excluding ortho intramolecular Hbond substituents is 4. The smallest absolute Gasteiger partial charge is 0.158 e. The summed E-state index contributed by atoms with van der Waals surface area (Å²) in [5.74, 6) is -1.20. The molecule has 0 aliphatic heterocycles. The first kappa shape index (κ1) is 11.6. The summed E-state index contributed by atoms with van der Waals surface area (Å²) in [6, 6.07) is 4.69. The van der Waals surface area contributed by atoms with Crippen molar-refractivity contribution in [2.75, 3.05) is 0 Å². The topological polar surface area (TPSA) is 113 Å². The molecule has 0 bridgehead atoms. The molecule has 0 spiro atoms. The van der Waals surface area contributed by atoms with Crippen LogP contribution in [0.4, 0.5) is 0 Å². The predicted molar refractivity (Wildman–Crippen MR) is 65.3 cm³/mol. The van der Waals surface area contributed by atoms with Gasteiger partial charge in [-0.2, -0.15) is 5.48 Å². The minimum atomic E-state index is -0.650. The Balaban J connectivity index is 2.33. The summed E-state index contributed by atoms with van der Waals surface area (Å²) in [5.41, 5.74) is 4.29. The van der Waals surface area contributed by atoms with Crippen LogP contribution in [-0.2, 0) is 0 Å². The SMILES string of the molecule is ONC1c2cc(O)c(O)cc2-c2cc(O)c(O)cc21. The number of hydrogen-bond acceptors (Lipinski definition) is 6. The second-order valence-electron chi connectivity index (χ2n) is 4.42. The zero-order valence-corrected chi connectivity index (χ0v) is 9.62. The highest BCUT2D eigenvalue weighted by molar-refractivity contribution is 5.82. The van der Waals surface area contributed by atoms with Crippen LogP contribution < -0.4 is 5.48 Å². The largest absolute Gasteiger partial charge is 0.504 e. The number of aromatic hydroxyl groups is 4. The second-order valence-corrected chi connectivity index (χ2v) is 4.42. The average Bonchev–Trinajstić information content (AvgIpc) is 2.64. The fourth-order valence-electron chi connectivity index (χ4n) is 2.44. The van der Waals surface area contributed by atoms with Gasteiger partial charge >= 0.3 is 0 Å². The summed E-state index contributed by atoms with van der Waals surface area (Å²) in [4.78, 5) is 0. The molecule has 0 heterocycles. The lowest BCUT2D eigenvalue weighted by atomic mass is 10.0. The van der Waals surface area contributed by atoms with Gasteiger partial charge in [0.1, 0.15) is 0 Å². The number of nitrogens with one attached hydrogen (secondary N) is 1. The highest BCUT2D eigenvalue weighted by Crippen LogP contribution is 2.49. The van der Waals surface area contributed by atoms with Crippen LogP contribution in [0.25, 0.3) is 11.1 Å². The summed E-state index contributed by atoms with van der Waals surface area (Å²) in [7, 11) is 0. The average molecular weight is 261 g/mol. The molecule has 2 aromatic carbocycles. The van der Waals surface area contributed by atoms with Crippen LogP contribution in [0, 0.1) is 0 Å². The van der Waals surface area contributed by atoms with Gasteiger partial charge in [-0.05, 0) is 46.5 Å². The molecule has 1 aliphatic carbocycles. The van der Waals surface area contributed by atoms with Crippen molar-refractivity contribution in [3.05, 3.63) is 35.4 Å². The molecule has 0 unspecified atom stereocenters. The number of fused-ring (bicyclic) bond motifs is 3. The Hall–Kier alpha value is -2.44. The third-order valence-electron chi connectivity index (χ3n) is 3.33. The molecule has 6 N–H and O–H groups in total. The molecule has 1 aliphatic rings. The predicted octanol–water partition coefficient (Wildman–Crippen LogP) is 1.56. The minimum absolute atomic E-state index is 0.296. The van der Waals surface area contributed by atoms with Gasteiger partial charge in [-0.3, -0.25) is 0 Å². The van der Waals surface area contributed by atoms with Crippen LogP contribution in [0.3, 0.4) is 0 Å². The first-order chi connectivity index (χ1) is 9.02. The van der Waals surface area contributed by atoms with E-state index in [9.17, 15) is 25.6 Å². The van der Waals surface area contributed by atoms with Gasteiger partial charge in [0, 0.05) is 0 Å². The lowest BCUT2D eigenvalue weighted by Gasteiger charge is -2.11. The lowest BCUT2D eigenvalue weighted by Crippen LogP contribution is -2.15. The van der Waals surface area contributed by atoms with Crippen LogP contribution in [-0.4, -0.2) is 25.6 Å². The van der Waals surface area contributed by atoms with E-state index in [4.69, 9.17) is 0 Å². The van der Waals surface area contributed by atoms with Gasteiger partial charge in [0.15, 0.2) is 23.0 Å². The van der Waals surface area contributed by atoms with Crippen LogP contribution in [0.15, 0.2) is 24.3 Å². The summed E-state index contributed by atoms with van der Waals surface area (Å²) < 4.78 is 0. The first-order valence-electron chi connectivity index (χ1n) is 5.54. The van der Waals surface area contributed by atoms with E-state index in [1.165, 1.54) is 24.3 Å². The Morgan fingerprint density at radius 3 is 1.42 bits per heavy atom. The maximum Gasteiger partial charge on any atom is 0.158 e. The third-order valence-corrected chi connectivity index (χ3v) is 3.33. The van der Waals surface area contributed by atoms with E-state index in [0.717, 1.165) is 0 Å². The first-order valence-corrected chi connectivity index (χ1v) is 5.54. The molecule has 0 amide bonds. The molecule has 0 radical (unpaired) electrons. The maximum absolute atomic E-state index is 9.55. The monoisotopic (exact) mass is 261 g/mol. The van der Waals surface area contributed by atoms with Crippen LogP contribution in [0.1, 0.15) is 17.2 Å². The summed E-state index contributed by atoms with van der Waals surface area (Å²) in [6.07, 6.45) is 0. The van der Waals surface area contributed by atoms with E-state index in [0.29, 0.717) is 22.3 Å². The van der Waals surface area contributed by atoms with Gasteiger partial charge in [0.2, 0.25) is 0 Å². The highest BCUT2D eigenvalue weighted by atomic mass is 16.5. The molecule has 0 saturated heterocycles. The Morgan fingerprint density at radius 1 is 0.684 bits per heavy atom. The number of rotatable bonds is 1. The van der Waals surface area contributed by atoms with Gasteiger partial charge in [-0.25, -0.2) is 0 Å². The quantitative estimate of drug-likeness (QED) is 0.343. The molecule has 6 nitrogen and oxygen atoms in total. The van der Waals surface area contributed by atoms with Crippen LogP contribution in [0.5, 0.6) is 23.0 Å². The molecule has 0 fully saturated rings. The molecule has 2 aromatic rings. The fraction of sp³-hybridized carbons (Fsp3) is 0.0769. The van der Waals surface area contributed by atoms with Crippen molar-refractivity contribution in [1.29, 1.82) is 0 Å². The van der Waals surface area contributed by atoms with Gasteiger partial charge in [-0.1, -0.05) is 0 Å². The molecule has 98 valence electrons. The Kier molecular flexibility index (Phi) is 2.31. The minimum Gasteiger partial charge on any atom is -0.504 e. The van der Waals surface area contributed by atoms with Crippen molar-refractivity contribution in [3.8, 4) is 34.1 Å². The maximum atomic E-state index is 9.55. The summed E-state index contributed by atoms with van der Waals surface area (Å²) in [6.45, 7) is 0. The molecule has 0 saturated carbocycles. The normalized spacial score (nSPS) is 13.3. The van der Waals surface area contributed by atoms with Crippen molar-refractivity contribution >= 4 is 0 Å². The summed E-state index contributed by atoms with van der Waals surface area (Å²) in [5, 5.41) is 47.4. The molecule has 19 heavy (non-hydrogen) atoms. The van der Waals surface area contributed by atoms with E-state index in [1.807, 2.05) is 0 Å². The van der Waals surface area contributed by atoms with Gasteiger partial charge in [-0.15, -0.1) is 0 Å². The number of phenols is 4. The van der Waals surface area contributed by atoms with E-state index in [2.05, 4.69) is 5.48 Å². The van der Waals surface area contributed by atoms with E-state index >= 15 is 0 Å². The van der Waals surface area contributed by atoms with Crippen molar-refractivity contribution in [1.82, 2.24) is 5.48 Å². The molecular weight excluding hydrogens is 250 g/mol. The highest BCUT2D eigenvalue weighted by Gasteiger charge is 2.31. The number of hydrogen-bond donors (Lipinski definition) is 6. The molecule has 3 rings (SSSR count). The van der Waals surface area contributed by atoms with Crippen LogP contribution in [0.2, 0.25) is 0 Å².